The Morgan fingerprint density at radius 2 is 2.05 bits per heavy atom. The highest BCUT2D eigenvalue weighted by Gasteiger charge is 2.36. The van der Waals surface area contributed by atoms with Gasteiger partial charge in [0.25, 0.3) is 0 Å². The van der Waals surface area contributed by atoms with Crippen LogP contribution >= 0.6 is 0 Å². The van der Waals surface area contributed by atoms with Gasteiger partial charge in [0.1, 0.15) is 5.82 Å². The van der Waals surface area contributed by atoms with Crippen LogP contribution in [0.25, 0.3) is 0 Å². The normalized spacial score (nSPS) is 21.3. The molecule has 3 N–H and O–H groups in total. The minimum Gasteiger partial charge on any atom is -0.480 e. The van der Waals surface area contributed by atoms with Crippen LogP contribution in [0.15, 0.2) is 0 Å². The molecule has 0 fully saturated rings. The maximum Gasteiger partial charge on any atom is 0.328 e. The fourth-order valence-electron chi connectivity index (χ4n) is 3.19. The minimum atomic E-state index is -0.903. The fraction of sp³-hybridized carbons (Fsp3) is 0.538. The Kier molecular flexibility index (Phi) is 2.96. The lowest BCUT2D eigenvalue weighted by Crippen LogP contribution is -2.29. The number of carboxylic acid groups (broad SMARTS) is 1. The van der Waals surface area contributed by atoms with Crippen molar-refractivity contribution in [2.75, 3.05) is 5.73 Å². The average Bonchev–Trinajstić information content (AvgIpc) is 2.89. The Bertz CT molecular complexity index is 717. The molecule has 2 aromatic rings. The third-order valence-electron chi connectivity index (χ3n) is 4.21. The van der Waals surface area contributed by atoms with Gasteiger partial charge < -0.3 is 10.8 Å². The molecule has 8 heteroatoms. The van der Waals surface area contributed by atoms with Gasteiger partial charge in [-0.2, -0.15) is 10.1 Å². The lowest BCUT2D eigenvalue weighted by Gasteiger charge is -2.27. The van der Waals surface area contributed by atoms with Crippen LogP contribution in [-0.4, -0.2) is 35.6 Å². The van der Waals surface area contributed by atoms with Crippen LogP contribution in [0, 0.1) is 13.8 Å². The van der Waals surface area contributed by atoms with Crippen LogP contribution < -0.4 is 5.73 Å². The van der Waals surface area contributed by atoms with Crippen molar-refractivity contribution in [1.29, 1.82) is 0 Å². The zero-order chi connectivity index (χ0) is 15.3. The quantitative estimate of drug-likeness (QED) is 0.844. The van der Waals surface area contributed by atoms with Gasteiger partial charge in [0.05, 0.1) is 5.69 Å². The standard InChI is InChI=1S/C13H18N6O2/c1-6-10(7(2)18(3)16-6)8-4-5-9(12(20)21)19-11(8)15-13(14)17-19/h8-9H,4-5H2,1-3H3,(H2,14,17)(H,20,21). The van der Waals surface area contributed by atoms with Crippen molar-refractivity contribution in [3.05, 3.63) is 22.8 Å². The van der Waals surface area contributed by atoms with Crippen LogP contribution in [0.2, 0.25) is 0 Å². The number of fused-ring (bicyclic) bond motifs is 1. The van der Waals surface area contributed by atoms with Gasteiger partial charge in [0.15, 0.2) is 6.04 Å². The molecule has 1 aliphatic heterocycles. The molecule has 3 heterocycles. The topological polar surface area (TPSA) is 112 Å². The van der Waals surface area contributed by atoms with Crippen molar-refractivity contribution in [2.45, 2.75) is 38.6 Å². The van der Waals surface area contributed by atoms with Gasteiger partial charge >= 0.3 is 5.97 Å². The number of carbonyl (C=O) groups is 1. The zero-order valence-electron chi connectivity index (χ0n) is 12.2. The first kappa shape index (κ1) is 13.6. The predicted molar refractivity (Wildman–Crippen MR) is 74.9 cm³/mol. The molecule has 21 heavy (non-hydrogen) atoms. The molecule has 0 saturated carbocycles. The smallest absolute Gasteiger partial charge is 0.328 e. The highest BCUT2D eigenvalue weighted by atomic mass is 16.4. The van der Waals surface area contributed by atoms with E-state index >= 15 is 0 Å². The molecular weight excluding hydrogens is 272 g/mol. The van der Waals surface area contributed by atoms with Crippen molar-refractivity contribution < 1.29 is 9.90 Å². The molecule has 0 aliphatic carbocycles. The van der Waals surface area contributed by atoms with Gasteiger partial charge in [-0.1, -0.05) is 0 Å². The number of aliphatic carboxylic acids is 1. The number of hydrogen-bond donors (Lipinski definition) is 2. The molecule has 0 amide bonds. The van der Waals surface area contributed by atoms with Crippen molar-refractivity contribution in [3.8, 4) is 0 Å². The molecule has 0 saturated heterocycles. The second-order valence-electron chi connectivity index (χ2n) is 5.46. The Morgan fingerprint density at radius 3 is 2.62 bits per heavy atom. The minimum absolute atomic E-state index is 0.0147. The largest absolute Gasteiger partial charge is 0.480 e. The number of nitrogens with zero attached hydrogens (tertiary/aromatic N) is 5. The van der Waals surface area contributed by atoms with Gasteiger partial charge in [-0.15, -0.1) is 5.10 Å². The molecule has 2 atom stereocenters. The number of aromatic nitrogens is 5. The molecular formula is C13H18N6O2. The van der Waals surface area contributed by atoms with Gasteiger partial charge in [0, 0.05) is 24.2 Å². The number of nitrogen functional groups attached to an aromatic ring is 1. The molecule has 0 bridgehead atoms. The number of anilines is 1. The zero-order valence-corrected chi connectivity index (χ0v) is 12.2. The van der Waals surface area contributed by atoms with Gasteiger partial charge in [-0.05, 0) is 26.7 Å². The maximum absolute atomic E-state index is 11.4. The van der Waals surface area contributed by atoms with Crippen LogP contribution in [0.1, 0.15) is 47.6 Å². The highest BCUT2D eigenvalue weighted by Crippen LogP contribution is 2.39. The summed E-state index contributed by atoms with van der Waals surface area (Å²) in [6.07, 6.45) is 1.20. The monoisotopic (exact) mass is 290 g/mol. The summed E-state index contributed by atoms with van der Waals surface area (Å²) in [5.74, 6) is -0.189. The number of nitrogens with two attached hydrogens (primary N) is 1. The number of aryl methyl sites for hydroxylation is 2. The van der Waals surface area contributed by atoms with E-state index in [9.17, 15) is 9.90 Å². The molecule has 2 aromatic heterocycles. The van der Waals surface area contributed by atoms with E-state index in [1.807, 2.05) is 25.6 Å². The second kappa shape index (κ2) is 4.57. The first-order valence-electron chi connectivity index (χ1n) is 6.85. The average molecular weight is 290 g/mol. The summed E-state index contributed by atoms with van der Waals surface area (Å²) in [7, 11) is 1.90. The van der Waals surface area contributed by atoms with Crippen molar-refractivity contribution in [2.24, 2.45) is 7.05 Å². The Balaban J connectivity index is 2.13. The number of hydrogen-bond acceptors (Lipinski definition) is 5. The molecule has 8 nitrogen and oxygen atoms in total. The molecule has 112 valence electrons. The van der Waals surface area contributed by atoms with Crippen molar-refractivity contribution in [3.63, 3.8) is 0 Å². The molecule has 2 unspecified atom stereocenters. The SMILES string of the molecule is Cc1nn(C)c(C)c1C1CCC(C(=O)O)n2nc(N)nc21. The van der Waals surface area contributed by atoms with Crippen LogP contribution in [-0.2, 0) is 11.8 Å². The van der Waals surface area contributed by atoms with E-state index in [4.69, 9.17) is 5.73 Å². The second-order valence-corrected chi connectivity index (χ2v) is 5.46. The van der Waals surface area contributed by atoms with Crippen LogP contribution in [0.4, 0.5) is 5.95 Å². The molecule has 0 spiro atoms. The molecule has 3 rings (SSSR count). The van der Waals surface area contributed by atoms with Crippen LogP contribution in [0.5, 0.6) is 0 Å². The predicted octanol–water partition coefficient (Wildman–Crippen LogP) is 0.762. The maximum atomic E-state index is 11.4. The van der Waals surface area contributed by atoms with E-state index in [1.54, 1.807) is 0 Å². The Hall–Kier alpha value is -2.38. The lowest BCUT2D eigenvalue weighted by atomic mass is 9.87. The van der Waals surface area contributed by atoms with Crippen LogP contribution in [0.3, 0.4) is 0 Å². The third-order valence-corrected chi connectivity index (χ3v) is 4.21. The summed E-state index contributed by atoms with van der Waals surface area (Å²) in [4.78, 5) is 15.6. The third kappa shape index (κ3) is 1.98. The van der Waals surface area contributed by atoms with E-state index in [0.717, 1.165) is 17.0 Å². The molecule has 0 radical (unpaired) electrons. The highest BCUT2D eigenvalue weighted by molar-refractivity contribution is 5.72. The van der Waals surface area contributed by atoms with Gasteiger partial charge in [-0.3, -0.25) is 4.68 Å². The summed E-state index contributed by atoms with van der Waals surface area (Å²) in [6.45, 7) is 3.96. The lowest BCUT2D eigenvalue weighted by molar-refractivity contribution is -0.141. The summed E-state index contributed by atoms with van der Waals surface area (Å²) < 4.78 is 3.29. The first-order chi connectivity index (χ1) is 9.90. The molecule has 1 aliphatic rings. The van der Waals surface area contributed by atoms with E-state index < -0.39 is 12.0 Å². The van der Waals surface area contributed by atoms with Crippen molar-refractivity contribution >= 4 is 11.9 Å². The van der Waals surface area contributed by atoms with E-state index in [0.29, 0.717) is 18.7 Å². The summed E-state index contributed by atoms with van der Waals surface area (Å²) in [5.41, 5.74) is 8.77. The number of rotatable bonds is 2. The first-order valence-corrected chi connectivity index (χ1v) is 6.85. The van der Waals surface area contributed by atoms with E-state index in [-0.39, 0.29) is 11.9 Å². The summed E-state index contributed by atoms with van der Waals surface area (Å²) >= 11 is 0. The summed E-state index contributed by atoms with van der Waals surface area (Å²) in [6, 6.07) is -0.696. The van der Waals surface area contributed by atoms with E-state index in [2.05, 4.69) is 15.2 Å². The fourth-order valence-corrected chi connectivity index (χ4v) is 3.19. The molecule has 0 aromatic carbocycles. The summed E-state index contributed by atoms with van der Waals surface area (Å²) in [5, 5.41) is 17.8. The Labute approximate surface area is 121 Å². The van der Waals surface area contributed by atoms with Gasteiger partial charge in [-0.25, -0.2) is 9.48 Å². The number of carboxylic acids is 1. The van der Waals surface area contributed by atoms with Crippen molar-refractivity contribution in [1.82, 2.24) is 24.5 Å². The Morgan fingerprint density at radius 1 is 1.33 bits per heavy atom. The van der Waals surface area contributed by atoms with E-state index in [1.165, 1.54) is 4.68 Å². The van der Waals surface area contributed by atoms with Gasteiger partial charge in [0.2, 0.25) is 5.95 Å².